The fourth-order valence-electron chi connectivity index (χ4n) is 2.03. The zero-order chi connectivity index (χ0) is 12.4. The lowest BCUT2D eigenvalue weighted by molar-refractivity contribution is 1.10. The Morgan fingerprint density at radius 1 is 1.00 bits per heavy atom. The summed E-state index contributed by atoms with van der Waals surface area (Å²) in [6.45, 7) is 0.644. The van der Waals surface area contributed by atoms with Crippen molar-refractivity contribution in [1.82, 2.24) is 0 Å². The van der Waals surface area contributed by atoms with E-state index in [0.29, 0.717) is 6.54 Å². The first kappa shape index (κ1) is 11.8. The third-order valence-corrected chi connectivity index (χ3v) is 4.26. The number of fused-ring (bicyclic) bond motifs is 1. The van der Waals surface area contributed by atoms with Crippen LogP contribution in [0.25, 0.3) is 0 Å². The molecule has 1 heterocycles. The van der Waals surface area contributed by atoms with E-state index < -0.39 is 0 Å². The third kappa shape index (κ3) is 2.31. The number of benzene rings is 2. The van der Waals surface area contributed by atoms with Crippen molar-refractivity contribution in [3.63, 3.8) is 0 Å². The van der Waals surface area contributed by atoms with Gasteiger partial charge in [-0.3, -0.25) is 4.99 Å². The first-order chi connectivity index (χ1) is 8.84. The number of halogens is 1. The van der Waals surface area contributed by atoms with Crippen molar-refractivity contribution in [3.8, 4) is 0 Å². The van der Waals surface area contributed by atoms with Gasteiger partial charge in [-0.25, -0.2) is 0 Å². The first-order valence-corrected chi connectivity index (χ1v) is 7.16. The lowest BCUT2D eigenvalue weighted by atomic mass is 10.0. The molecule has 90 valence electrons. The minimum atomic E-state index is 0.00682. The average molecular weight is 274 g/mol. The van der Waals surface area contributed by atoms with Gasteiger partial charge < -0.3 is 0 Å². The number of aliphatic imine (C=N–C) groups is 1. The molecule has 2 aromatic rings. The Bertz CT molecular complexity index is 580. The Kier molecular flexibility index (Phi) is 3.39. The molecule has 1 unspecified atom stereocenters. The second kappa shape index (κ2) is 5.17. The maximum atomic E-state index is 6.26. The van der Waals surface area contributed by atoms with Gasteiger partial charge in [0.1, 0.15) is 4.71 Å². The molecule has 0 bridgehead atoms. The highest BCUT2D eigenvalue weighted by Crippen LogP contribution is 2.33. The number of thioether (sulfide) groups is 1. The van der Waals surface area contributed by atoms with E-state index in [1.54, 1.807) is 11.8 Å². The van der Waals surface area contributed by atoms with Crippen molar-refractivity contribution in [2.24, 2.45) is 4.99 Å². The molecule has 3 rings (SSSR count). The van der Waals surface area contributed by atoms with Gasteiger partial charge in [0.25, 0.3) is 0 Å². The maximum absolute atomic E-state index is 6.26. The first-order valence-electron chi connectivity index (χ1n) is 5.84. The lowest BCUT2D eigenvalue weighted by Crippen LogP contribution is -2.04. The standard InChI is InChI=1S/C15H12ClNS/c16-14-10-17-15(11-6-2-1-3-7-11)12-8-4-5-9-13(12)18-14/h1-9,14H,10H2. The van der Waals surface area contributed by atoms with Crippen LogP contribution in [0.1, 0.15) is 11.1 Å². The summed E-state index contributed by atoms with van der Waals surface area (Å²) in [5.74, 6) is 0. The molecule has 0 aliphatic carbocycles. The molecule has 0 radical (unpaired) electrons. The van der Waals surface area contributed by atoms with Gasteiger partial charge in [0.15, 0.2) is 0 Å². The Morgan fingerprint density at radius 2 is 1.72 bits per heavy atom. The molecule has 0 spiro atoms. The third-order valence-electron chi connectivity index (χ3n) is 2.84. The molecular weight excluding hydrogens is 262 g/mol. The van der Waals surface area contributed by atoms with Crippen LogP contribution in [-0.4, -0.2) is 17.0 Å². The molecular formula is C15H12ClNS. The summed E-state index contributed by atoms with van der Waals surface area (Å²) in [5.41, 5.74) is 3.37. The summed E-state index contributed by atoms with van der Waals surface area (Å²) in [6.07, 6.45) is 0. The van der Waals surface area contributed by atoms with Crippen LogP contribution in [0.15, 0.2) is 64.5 Å². The smallest absolute Gasteiger partial charge is 0.103 e. The normalized spacial score (nSPS) is 18.7. The van der Waals surface area contributed by atoms with Crippen LogP contribution in [0, 0.1) is 0 Å². The fraction of sp³-hybridized carbons (Fsp3) is 0.133. The van der Waals surface area contributed by atoms with Gasteiger partial charge in [-0.1, -0.05) is 48.5 Å². The van der Waals surface area contributed by atoms with Crippen molar-refractivity contribution >= 4 is 29.1 Å². The van der Waals surface area contributed by atoms with Gasteiger partial charge in [0.2, 0.25) is 0 Å². The predicted octanol–water partition coefficient (Wildman–Crippen LogP) is 4.19. The number of rotatable bonds is 1. The quantitative estimate of drug-likeness (QED) is 0.710. The number of hydrogen-bond donors (Lipinski definition) is 0. The van der Waals surface area contributed by atoms with Gasteiger partial charge in [-0.2, -0.15) is 0 Å². The number of nitrogens with zero attached hydrogens (tertiary/aromatic N) is 1. The molecule has 1 aliphatic heterocycles. The van der Waals surface area contributed by atoms with Crippen LogP contribution in [-0.2, 0) is 0 Å². The Balaban J connectivity index is 2.14. The van der Waals surface area contributed by atoms with Gasteiger partial charge in [0.05, 0.1) is 12.3 Å². The van der Waals surface area contributed by atoms with Crippen LogP contribution >= 0.6 is 23.4 Å². The van der Waals surface area contributed by atoms with Gasteiger partial charge in [-0.15, -0.1) is 23.4 Å². The minimum Gasteiger partial charge on any atom is -0.282 e. The summed E-state index contributed by atoms with van der Waals surface area (Å²) < 4.78 is 0.00682. The van der Waals surface area contributed by atoms with Crippen molar-refractivity contribution in [3.05, 3.63) is 65.7 Å². The highest BCUT2D eigenvalue weighted by Gasteiger charge is 2.18. The molecule has 0 saturated heterocycles. The summed E-state index contributed by atoms with van der Waals surface area (Å²) in [5, 5.41) is 0. The van der Waals surface area contributed by atoms with Crippen LogP contribution in [0.3, 0.4) is 0 Å². The van der Waals surface area contributed by atoms with Gasteiger partial charge in [-0.05, 0) is 6.07 Å². The van der Waals surface area contributed by atoms with Crippen molar-refractivity contribution in [2.45, 2.75) is 9.60 Å². The zero-order valence-corrected chi connectivity index (χ0v) is 11.3. The van der Waals surface area contributed by atoms with E-state index in [2.05, 4.69) is 29.3 Å². The van der Waals surface area contributed by atoms with E-state index in [1.165, 1.54) is 10.5 Å². The van der Waals surface area contributed by atoms with Crippen LogP contribution in [0.2, 0.25) is 0 Å². The van der Waals surface area contributed by atoms with E-state index in [1.807, 2.05) is 30.3 Å². The summed E-state index contributed by atoms with van der Waals surface area (Å²) in [7, 11) is 0. The predicted molar refractivity (Wildman–Crippen MR) is 78.9 cm³/mol. The van der Waals surface area contributed by atoms with E-state index >= 15 is 0 Å². The van der Waals surface area contributed by atoms with Crippen molar-refractivity contribution in [2.75, 3.05) is 6.54 Å². The molecule has 0 N–H and O–H groups in total. The summed E-state index contributed by atoms with van der Waals surface area (Å²) in [4.78, 5) is 5.89. The number of alkyl halides is 1. The molecule has 1 aliphatic rings. The molecule has 0 amide bonds. The Morgan fingerprint density at radius 3 is 2.56 bits per heavy atom. The fourth-order valence-corrected chi connectivity index (χ4v) is 3.26. The summed E-state index contributed by atoms with van der Waals surface area (Å²) in [6, 6.07) is 18.6. The molecule has 18 heavy (non-hydrogen) atoms. The SMILES string of the molecule is ClC1CN=C(c2ccccc2)c2ccccc2S1. The average Bonchev–Trinajstić information content (AvgIpc) is 2.58. The maximum Gasteiger partial charge on any atom is 0.103 e. The largest absolute Gasteiger partial charge is 0.282 e. The Labute approximate surface area is 116 Å². The summed E-state index contributed by atoms with van der Waals surface area (Å²) >= 11 is 7.94. The molecule has 0 saturated carbocycles. The lowest BCUT2D eigenvalue weighted by Gasteiger charge is -2.08. The molecule has 1 nitrogen and oxygen atoms in total. The van der Waals surface area contributed by atoms with E-state index in [9.17, 15) is 0 Å². The zero-order valence-electron chi connectivity index (χ0n) is 9.71. The Hall–Kier alpha value is -1.25. The van der Waals surface area contributed by atoms with E-state index in [0.717, 1.165) is 11.3 Å². The van der Waals surface area contributed by atoms with Crippen LogP contribution < -0.4 is 0 Å². The second-order valence-corrected chi connectivity index (χ2v) is 6.11. The molecule has 3 heteroatoms. The van der Waals surface area contributed by atoms with E-state index in [-0.39, 0.29) is 4.71 Å². The number of hydrogen-bond acceptors (Lipinski definition) is 2. The van der Waals surface area contributed by atoms with E-state index in [4.69, 9.17) is 11.6 Å². The highest BCUT2D eigenvalue weighted by atomic mass is 35.5. The highest BCUT2D eigenvalue weighted by molar-refractivity contribution is 8.01. The van der Waals surface area contributed by atoms with Crippen LogP contribution in [0.4, 0.5) is 0 Å². The van der Waals surface area contributed by atoms with Crippen molar-refractivity contribution in [1.29, 1.82) is 0 Å². The molecule has 0 aromatic heterocycles. The van der Waals surface area contributed by atoms with Crippen LogP contribution in [0.5, 0.6) is 0 Å². The van der Waals surface area contributed by atoms with Crippen molar-refractivity contribution < 1.29 is 0 Å². The molecule has 1 atom stereocenters. The molecule has 2 aromatic carbocycles. The van der Waals surface area contributed by atoms with Gasteiger partial charge >= 0.3 is 0 Å². The monoisotopic (exact) mass is 273 g/mol. The molecule has 0 fully saturated rings. The van der Waals surface area contributed by atoms with Gasteiger partial charge in [0, 0.05) is 16.0 Å². The minimum absolute atomic E-state index is 0.00682. The second-order valence-electron chi connectivity index (χ2n) is 4.08. The topological polar surface area (TPSA) is 12.4 Å².